The van der Waals surface area contributed by atoms with Crippen LogP contribution in [-0.4, -0.2) is 12.0 Å². The average molecular weight is 258 g/mol. The molecule has 0 spiro atoms. The number of nitrogens with zero attached hydrogens (tertiary/aromatic N) is 1. The third-order valence-electron chi connectivity index (χ3n) is 1.56. The van der Waals surface area contributed by atoms with Crippen LogP contribution in [0.1, 0.15) is 5.56 Å². The van der Waals surface area contributed by atoms with Crippen LogP contribution in [0.3, 0.4) is 0 Å². The summed E-state index contributed by atoms with van der Waals surface area (Å²) in [6.45, 7) is 0. The van der Waals surface area contributed by atoms with E-state index < -0.39 is 4.92 Å². The second-order valence-corrected chi connectivity index (χ2v) is 3.35. The summed E-state index contributed by atoms with van der Waals surface area (Å²) in [5, 5.41) is 10.1. The second kappa shape index (κ2) is 4.76. The molecule has 0 aliphatic rings. The van der Waals surface area contributed by atoms with E-state index in [0.717, 1.165) is 16.2 Å². The Morgan fingerprint density at radius 1 is 1.57 bits per heavy atom. The Morgan fingerprint density at radius 2 is 2.29 bits per heavy atom. The van der Waals surface area contributed by atoms with Crippen molar-refractivity contribution in [2.75, 3.05) is 7.11 Å². The molecule has 14 heavy (non-hydrogen) atoms. The van der Waals surface area contributed by atoms with Gasteiger partial charge in [-0.05, 0) is 33.6 Å². The summed E-state index contributed by atoms with van der Waals surface area (Å²) < 4.78 is 5.86. The highest BCUT2D eigenvalue weighted by Crippen LogP contribution is 2.25. The molecule has 0 unspecified atom stereocenters. The molecule has 0 N–H and O–H groups in total. The van der Waals surface area contributed by atoms with Crippen molar-refractivity contribution < 1.29 is 9.66 Å². The van der Waals surface area contributed by atoms with Gasteiger partial charge in [0.15, 0.2) is 0 Å². The monoisotopic (exact) mass is 257 g/mol. The molecule has 0 atom stereocenters. The fourth-order valence-electron chi connectivity index (χ4n) is 0.927. The van der Waals surface area contributed by atoms with Crippen molar-refractivity contribution in [1.29, 1.82) is 0 Å². The quantitative estimate of drug-likeness (QED) is 0.618. The number of halogens is 1. The first-order chi connectivity index (χ1) is 6.63. The van der Waals surface area contributed by atoms with E-state index >= 15 is 0 Å². The van der Waals surface area contributed by atoms with Crippen molar-refractivity contribution in [2.24, 2.45) is 0 Å². The predicted molar refractivity (Wildman–Crippen MR) is 56.7 cm³/mol. The molecule has 0 heterocycles. The summed E-state index contributed by atoms with van der Waals surface area (Å²) in [6, 6.07) is 5.25. The number of hydrogen-bond donors (Lipinski definition) is 0. The molecule has 0 saturated heterocycles. The van der Waals surface area contributed by atoms with E-state index in [-0.39, 0.29) is 0 Å². The Hall–Kier alpha value is -1.36. The Morgan fingerprint density at radius 3 is 2.86 bits per heavy atom. The number of nitro groups is 1. The first kappa shape index (κ1) is 10.7. The lowest BCUT2D eigenvalue weighted by molar-refractivity contribution is -0.400. The molecule has 0 aliphatic heterocycles. The molecule has 0 amide bonds. The third-order valence-corrected chi connectivity index (χ3v) is 2.22. The molecular weight excluding hydrogens is 250 g/mol. The molecule has 5 heteroatoms. The van der Waals surface area contributed by atoms with E-state index in [1.54, 1.807) is 25.3 Å². The van der Waals surface area contributed by atoms with Gasteiger partial charge in [0, 0.05) is 6.08 Å². The summed E-state index contributed by atoms with van der Waals surface area (Å²) in [7, 11) is 1.54. The smallest absolute Gasteiger partial charge is 0.235 e. The molecule has 1 aromatic rings. The van der Waals surface area contributed by atoms with Crippen LogP contribution in [0.15, 0.2) is 28.9 Å². The van der Waals surface area contributed by atoms with E-state index in [1.165, 1.54) is 6.08 Å². The standard InChI is InChI=1S/C9H8BrNO3/c1-14-9-6-7(2-3-8(9)10)4-5-11(12)13/h2-6H,1H3. The number of benzene rings is 1. The van der Waals surface area contributed by atoms with E-state index in [9.17, 15) is 10.1 Å². The SMILES string of the molecule is COc1cc(C=C[N+](=O)[O-])ccc1Br. The molecule has 74 valence electrons. The van der Waals surface area contributed by atoms with Crippen molar-refractivity contribution in [3.63, 3.8) is 0 Å². The predicted octanol–water partition coefficient (Wildman–Crippen LogP) is 2.71. The van der Waals surface area contributed by atoms with Gasteiger partial charge in [-0.25, -0.2) is 0 Å². The fourth-order valence-corrected chi connectivity index (χ4v) is 1.34. The van der Waals surface area contributed by atoms with Crippen molar-refractivity contribution >= 4 is 22.0 Å². The Kier molecular flexibility index (Phi) is 3.64. The summed E-state index contributed by atoms with van der Waals surface area (Å²) in [6.07, 6.45) is 2.30. The van der Waals surface area contributed by atoms with Gasteiger partial charge in [-0.15, -0.1) is 0 Å². The number of ether oxygens (including phenoxy) is 1. The first-order valence-electron chi connectivity index (χ1n) is 3.78. The van der Waals surface area contributed by atoms with Crippen molar-refractivity contribution in [1.82, 2.24) is 0 Å². The van der Waals surface area contributed by atoms with Crippen molar-refractivity contribution in [3.05, 3.63) is 44.5 Å². The minimum absolute atomic E-state index is 0.505. The lowest BCUT2D eigenvalue weighted by Crippen LogP contribution is -1.86. The van der Waals surface area contributed by atoms with Crippen LogP contribution in [0.2, 0.25) is 0 Å². The summed E-state index contributed by atoms with van der Waals surface area (Å²) >= 11 is 3.29. The first-order valence-corrected chi connectivity index (χ1v) is 4.58. The highest BCUT2D eigenvalue weighted by Gasteiger charge is 1.99. The van der Waals surface area contributed by atoms with E-state index in [1.807, 2.05) is 0 Å². The third kappa shape index (κ3) is 2.85. The lowest BCUT2D eigenvalue weighted by Gasteiger charge is -2.02. The second-order valence-electron chi connectivity index (χ2n) is 2.50. The lowest BCUT2D eigenvalue weighted by atomic mass is 10.2. The zero-order valence-corrected chi connectivity index (χ0v) is 9.02. The largest absolute Gasteiger partial charge is 0.496 e. The van der Waals surface area contributed by atoms with Crippen LogP contribution in [0.4, 0.5) is 0 Å². The summed E-state index contributed by atoms with van der Waals surface area (Å²) in [4.78, 5) is 9.57. The molecule has 1 aromatic carbocycles. The van der Waals surface area contributed by atoms with Crippen LogP contribution in [0, 0.1) is 10.1 Å². The minimum Gasteiger partial charge on any atom is -0.496 e. The van der Waals surface area contributed by atoms with Gasteiger partial charge < -0.3 is 4.74 Å². The van der Waals surface area contributed by atoms with Crippen LogP contribution >= 0.6 is 15.9 Å². The molecule has 1 rings (SSSR count). The van der Waals surface area contributed by atoms with Gasteiger partial charge in [0.05, 0.1) is 16.5 Å². The number of methoxy groups -OCH3 is 1. The molecule has 0 aliphatic carbocycles. The molecule has 0 aromatic heterocycles. The average Bonchev–Trinajstić information content (AvgIpc) is 2.16. The van der Waals surface area contributed by atoms with Crippen molar-refractivity contribution in [2.45, 2.75) is 0 Å². The maximum atomic E-state index is 10.1. The Balaban J connectivity index is 2.95. The molecular formula is C9H8BrNO3. The van der Waals surface area contributed by atoms with E-state index in [0.29, 0.717) is 5.75 Å². The van der Waals surface area contributed by atoms with Crippen LogP contribution in [0.25, 0.3) is 6.08 Å². The molecule has 4 nitrogen and oxygen atoms in total. The minimum atomic E-state index is -0.505. The van der Waals surface area contributed by atoms with E-state index in [2.05, 4.69) is 15.9 Å². The van der Waals surface area contributed by atoms with Gasteiger partial charge in [-0.2, -0.15) is 0 Å². The topological polar surface area (TPSA) is 52.4 Å². The molecule has 0 radical (unpaired) electrons. The van der Waals surface area contributed by atoms with Gasteiger partial charge in [-0.1, -0.05) is 6.07 Å². The zero-order chi connectivity index (χ0) is 10.6. The van der Waals surface area contributed by atoms with Crippen LogP contribution in [0.5, 0.6) is 5.75 Å². The normalized spacial score (nSPS) is 10.4. The Labute approximate surface area is 89.5 Å². The fraction of sp³-hybridized carbons (Fsp3) is 0.111. The van der Waals surface area contributed by atoms with Gasteiger partial charge in [0.2, 0.25) is 6.20 Å². The van der Waals surface area contributed by atoms with E-state index in [4.69, 9.17) is 4.74 Å². The number of rotatable bonds is 3. The van der Waals surface area contributed by atoms with Gasteiger partial charge in [-0.3, -0.25) is 10.1 Å². The highest BCUT2D eigenvalue weighted by molar-refractivity contribution is 9.10. The highest BCUT2D eigenvalue weighted by atomic mass is 79.9. The van der Waals surface area contributed by atoms with Crippen LogP contribution in [-0.2, 0) is 0 Å². The zero-order valence-electron chi connectivity index (χ0n) is 7.44. The van der Waals surface area contributed by atoms with Gasteiger partial charge in [0.1, 0.15) is 5.75 Å². The molecule has 0 bridgehead atoms. The van der Waals surface area contributed by atoms with Gasteiger partial charge >= 0.3 is 0 Å². The summed E-state index contributed by atoms with van der Waals surface area (Å²) in [5.41, 5.74) is 0.724. The van der Waals surface area contributed by atoms with Crippen LogP contribution < -0.4 is 4.74 Å². The number of hydrogen-bond acceptors (Lipinski definition) is 3. The maximum Gasteiger partial charge on any atom is 0.235 e. The summed E-state index contributed by atoms with van der Waals surface area (Å²) in [5.74, 6) is 0.649. The Bertz CT molecular complexity index is 376. The molecule has 0 saturated carbocycles. The molecule has 0 fully saturated rings. The van der Waals surface area contributed by atoms with Gasteiger partial charge in [0.25, 0.3) is 0 Å². The van der Waals surface area contributed by atoms with Crippen molar-refractivity contribution in [3.8, 4) is 5.75 Å². The maximum absolute atomic E-state index is 10.1.